The number of nitrogens with zero attached hydrogens (tertiary/aromatic N) is 1. The van der Waals surface area contributed by atoms with Crippen molar-refractivity contribution in [1.82, 2.24) is 5.32 Å². The van der Waals surface area contributed by atoms with Crippen LogP contribution in [0, 0.1) is 22.6 Å². The fraction of sp³-hybridized carbons (Fsp3) is 0.500. The fourth-order valence-corrected chi connectivity index (χ4v) is 2.24. The SMILES string of the molecule is CC1(CNCc2cc(C#N)ccc2F)CCC1. The van der Waals surface area contributed by atoms with Gasteiger partial charge >= 0.3 is 0 Å². The first-order valence-corrected chi connectivity index (χ1v) is 6.02. The van der Waals surface area contributed by atoms with Gasteiger partial charge in [0.25, 0.3) is 0 Å². The molecule has 2 nitrogen and oxygen atoms in total. The predicted octanol–water partition coefficient (Wildman–Crippen LogP) is 2.98. The van der Waals surface area contributed by atoms with Gasteiger partial charge in [-0.1, -0.05) is 13.3 Å². The van der Waals surface area contributed by atoms with Crippen LogP contribution in [0.5, 0.6) is 0 Å². The minimum atomic E-state index is -0.240. The summed E-state index contributed by atoms with van der Waals surface area (Å²) in [4.78, 5) is 0. The number of nitrogens with one attached hydrogen (secondary N) is 1. The van der Waals surface area contributed by atoms with Crippen LogP contribution in [0.25, 0.3) is 0 Å². The number of hydrogen-bond donors (Lipinski definition) is 1. The maximum absolute atomic E-state index is 13.5. The highest BCUT2D eigenvalue weighted by Gasteiger charge is 2.30. The van der Waals surface area contributed by atoms with E-state index in [1.165, 1.54) is 31.4 Å². The molecule has 90 valence electrons. The molecule has 0 unspecified atom stereocenters. The second-order valence-corrected chi connectivity index (χ2v) is 5.19. The maximum atomic E-state index is 13.5. The molecule has 0 atom stereocenters. The smallest absolute Gasteiger partial charge is 0.127 e. The average molecular weight is 232 g/mol. The summed E-state index contributed by atoms with van der Waals surface area (Å²) in [5.41, 5.74) is 1.48. The van der Waals surface area contributed by atoms with E-state index in [2.05, 4.69) is 12.2 Å². The second-order valence-electron chi connectivity index (χ2n) is 5.19. The van der Waals surface area contributed by atoms with Gasteiger partial charge in [0.05, 0.1) is 11.6 Å². The van der Waals surface area contributed by atoms with Crippen LogP contribution in [-0.2, 0) is 6.54 Å². The molecule has 17 heavy (non-hydrogen) atoms. The zero-order valence-electron chi connectivity index (χ0n) is 10.1. The first kappa shape index (κ1) is 12.1. The highest BCUT2D eigenvalue weighted by atomic mass is 19.1. The van der Waals surface area contributed by atoms with Crippen LogP contribution in [0.15, 0.2) is 18.2 Å². The van der Waals surface area contributed by atoms with Gasteiger partial charge in [-0.05, 0) is 36.5 Å². The third-order valence-electron chi connectivity index (χ3n) is 3.60. The van der Waals surface area contributed by atoms with Crippen LogP contribution in [0.1, 0.15) is 37.3 Å². The molecule has 0 aliphatic heterocycles. The Bertz CT molecular complexity index is 444. The van der Waals surface area contributed by atoms with Gasteiger partial charge in [-0.25, -0.2) is 4.39 Å². The van der Waals surface area contributed by atoms with Crippen molar-refractivity contribution in [2.24, 2.45) is 5.41 Å². The van der Waals surface area contributed by atoms with E-state index in [0.29, 0.717) is 23.1 Å². The van der Waals surface area contributed by atoms with Gasteiger partial charge in [-0.2, -0.15) is 5.26 Å². The predicted molar refractivity (Wildman–Crippen MR) is 64.8 cm³/mol. The largest absolute Gasteiger partial charge is 0.312 e. The van der Waals surface area contributed by atoms with Crippen molar-refractivity contribution >= 4 is 0 Å². The summed E-state index contributed by atoms with van der Waals surface area (Å²) in [7, 11) is 0. The Hall–Kier alpha value is -1.40. The molecule has 1 aromatic rings. The summed E-state index contributed by atoms with van der Waals surface area (Å²) in [5.74, 6) is -0.240. The molecule has 0 bridgehead atoms. The summed E-state index contributed by atoms with van der Waals surface area (Å²) >= 11 is 0. The van der Waals surface area contributed by atoms with Crippen molar-refractivity contribution in [1.29, 1.82) is 5.26 Å². The molecule has 0 spiro atoms. The zero-order valence-corrected chi connectivity index (χ0v) is 10.1. The van der Waals surface area contributed by atoms with Gasteiger partial charge in [-0.3, -0.25) is 0 Å². The molecule has 1 fully saturated rings. The number of nitriles is 1. The van der Waals surface area contributed by atoms with Crippen molar-refractivity contribution in [3.05, 3.63) is 35.1 Å². The molecule has 1 N–H and O–H groups in total. The highest BCUT2D eigenvalue weighted by molar-refractivity contribution is 5.33. The first-order chi connectivity index (χ1) is 8.13. The Morgan fingerprint density at radius 1 is 1.47 bits per heavy atom. The molecule has 0 saturated heterocycles. The van der Waals surface area contributed by atoms with E-state index < -0.39 is 0 Å². The quantitative estimate of drug-likeness (QED) is 0.866. The van der Waals surface area contributed by atoms with Crippen LogP contribution in [0.4, 0.5) is 4.39 Å². The Kier molecular flexibility index (Phi) is 3.44. The molecule has 1 saturated carbocycles. The molecule has 0 aromatic heterocycles. The third-order valence-corrected chi connectivity index (χ3v) is 3.60. The normalized spacial score (nSPS) is 17.2. The molecule has 0 radical (unpaired) electrons. The topological polar surface area (TPSA) is 35.8 Å². The molecule has 0 amide bonds. The van der Waals surface area contributed by atoms with Gasteiger partial charge in [0, 0.05) is 18.7 Å². The van der Waals surface area contributed by atoms with Gasteiger partial charge in [-0.15, -0.1) is 0 Å². The highest BCUT2D eigenvalue weighted by Crippen LogP contribution is 2.39. The zero-order chi connectivity index (χ0) is 12.3. The maximum Gasteiger partial charge on any atom is 0.127 e. The number of benzene rings is 1. The lowest BCUT2D eigenvalue weighted by Gasteiger charge is -2.38. The van der Waals surface area contributed by atoms with E-state index in [9.17, 15) is 4.39 Å². The van der Waals surface area contributed by atoms with E-state index in [1.807, 2.05) is 6.07 Å². The standard InChI is InChI=1S/C14H17FN2/c1-14(5-2-6-14)10-17-9-12-7-11(8-16)3-4-13(12)15/h3-4,7,17H,2,5-6,9-10H2,1H3. The van der Waals surface area contributed by atoms with E-state index >= 15 is 0 Å². The van der Waals surface area contributed by atoms with Crippen LogP contribution in [-0.4, -0.2) is 6.54 Å². The lowest BCUT2D eigenvalue weighted by molar-refractivity contribution is 0.156. The van der Waals surface area contributed by atoms with Crippen LogP contribution in [0.3, 0.4) is 0 Å². The lowest BCUT2D eigenvalue weighted by Crippen LogP contribution is -2.37. The van der Waals surface area contributed by atoms with Crippen molar-refractivity contribution in [2.75, 3.05) is 6.54 Å². The summed E-state index contributed by atoms with van der Waals surface area (Å²) in [6.45, 7) is 3.67. The summed E-state index contributed by atoms with van der Waals surface area (Å²) in [5, 5.41) is 12.0. The number of halogens is 1. The van der Waals surface area contributed by atoms with Crippen LogP contribution < -0.4 is 5.32 Å². The summed E-state index contributed by atoms with van der Waals surface area (Å²) < 4.78 is 13.5. The Balaban J connectivity index is 1.92. The molecule has 1 aliphatic rings. The minimum absolute atomic E-state index is 0.240. The van der Waals surface area contributed by atoms with Crippen molar-refractivity contribution < 1.29 is 4.39 Å². The second kappa shape index (κ2) is 4.85. The average Bonchev–Trinajstić information content (AvgIpc) is 2.29. The van der Waals surface area contributed by atoms with E-state index in [1.54, 1.807) is 6.07 Å². The third kappa shape index (κ3) is 2.83. The van der Waals surface area contributed by atoms with E-state index in [4.69, 9.17) is 5.26 Å². The molecule has 2 rings (SSSR count). The van der Waals surface area contributed by atoms with Gasteiger partial charge in [0.15, 0.2) is 0 Å². The first-order valence-electron chi connectivity index (χ1n) is 6.02. The van der Waals surface area contributed by atoms with Crippen molar-refractivity contribution in [3.8, 4) is 6.07 Å². The number of hydrogen-bond acceptors (Lipinski definition) is 2. The van der Waals surface area contributed by atoms with Crippen molar-refractivity contribution in [3.63, 3.8) is 0 Å². The molecule has 1 aromatic carbocycles. The van der Waals surface area contributed by atoms with Gasteiger partial charge in [0.2, 0.25) is 0 Å². The summed E-state index contributed by atoms with van der Waals surface area (Å²) in [6, 6.07) is 6.51. The summed E-state index contributed by atoms with van der Waals surface area (Å²) in [6.07, 6.45) is 3.80. The molecular formula is C14H17FN2. The Morgan fingerprint density at radius 3 is 2.82 bits per heavy atom. The molecule has 3 heteroatoms. The number of rotatable bonds is 4. The lowest BCUT2D eigenvalue weighted by atomic mass is 9.70. The van der Waals surface area contributed by atoms with Crippen LogP contribution >= 0.6 is 0 Å². The molecular weight excluding hydrogens is 215 g/mol. The minimum Gasteiger partial charge on any atom is -0.312 e. The Morgan fingerprint density at radius 2 is 2.24 bits per heavy atom. The van der Waals surface area contributed by atoms with E-state index in [-0.39, 0.29) is 5.82 Å². The van der Waals surface area contributed by atoms with Gasteiger partial charge < -0.3 is 5.32 Å². The van der Waals surface area contributed by atoms with E-state index in [0.717, 1.165) is 6.54 Å². The Labute approximate surface area is 101 Å². The molecule has 1 aliphatic carbocycles. The fourth-order valence-electron chi connectivity index (χ4n) is 2.24. The van der Waals surface area contributed by atoms with Crippen LogP contribution in [0.2, 0.25) is 0 Å². The molecule has 0 heterocycles. The monoisotopic (exact) mass is 232 g/mol. The van der Waals surface area contributed by atoms with Gasteiger partial charge in [0.1, 0.15) is 5.82 Å². The van der Waals surface area contributed by atoms with Crippen molar-refractivity contribution in [2.45, 2.75) is 32.7 Å².